The molecule has 0 unspecified atom stereocenters. The largest absolute Gasteiger partial charge is 0.484 e. The van der Waals surface area contributed by atoms with Gasteiger partial charge in [0.2, 0.25) is 5.95 Å². The Bertz CT molecular complexity index is 1250. The number of carbonyl (C=O) groups excluding carboxylic acids is 1. The molecule has 37 heavy (non-hydrogen) atoms. The maximum atomic E-state index is 12.7. The Morgan fingerprint density at radius 3 is 2.46 bits per heavy atom. The first kappa shape index (κ1) is 25.3. The number of nitrogens with one attached hydrogen (secondary N) is 2. The number of nitrogens with zero attached hydrogens (tertiary/aromatic N) is 3. The van der Waals surface area contributed by atoms with Gasteiger partial charge >= 0.3 is 6.18 Å². The van der Waals surface area contributed by atoms with Crippen LogP contribution in [0.25, 0.3) is 10.9 Å². The van der Waals surface area contributed by atoms with E-state index in [-0.39, 0.29) is 12.4 Å². The van der Waals surface area contributed by atoms with E-state index in [1.54, 1.807) is 6.07 Å². The van der Waals surface area contributed by atoms with Crippen molar-refractivity contribution in [2.45, 2.75) is 44.8 Å². The monoisotopic (exact) mass is 513 g/mol. The molecule has 1 aromatic heterocycles. The highest BCUT2D eigenvalue weighted by molar-refractivity contribution is 5.95. The lowest BCUT2D eigenvalue weighted by atomic mass is 10.1. The summed E-state index contributed by atoms with van der Waals surface area (Å²) in [6.07, 6.45) is 0.452. The van der Waals surface area contributed by atoms with Gasteiger partial charge in [-0.1, -0.05) is 0 Å². The van der Waals surface area contributed by atoms with Gasteiger partial charge in [-0.15, -0.1) is 0 Å². The molecule has 2 aromatic carbocycles. The average molecular weight is 514 g/mol. The van der Waals surface area contributed by atoms with Gasteiger partial charge in [0.15, 0.2) is 6.61 Å². The Labute approximate surface area is 213 Å². The van der Waals surface area contributed by atoms with E-state index in [0.29, 0.717) is 11.7 Å². The third-order valence-corrected chi connectivity index (χ3v) is 6.88. The highest BCUT2D eigenvalue weighted by Crippen LogP contribution is 2.31. The molecular formula is C27H30F3N5O2. The first-order valence-electron chi connectivity index (χ1n) is 12.6. The number of benzene rings is 2. The smallest absolute Gasteiger partial charge is 0.416 e. The number of piperidine rings is 1. The Morgan fingerprint density at radius 2 is 1.78 bits per heavy atom. The van der Waals surface area contributed by atoms with Crippen molar-refractivity contribution in [3.8, 4) is 5.75 Å². The highest BCUT2D eigenvalue weighted by atomic mass is 19.4. The summed E-state index contributed by atoms with van der Waals surface area (Å²) in [6, 6.07) is 10.2. The van der Waals surface area contributed by atoms with Crippen LogP contribution in [-0.2, 0) is 11.0 Å². The van der Waals surface area contributed by atoms with Gasteiger partial charge in [0.25, 0.3) is 5.91 Å². The van der Waals surface area contributed by atoms with Gasteiger partial charge in [-0.3, -0.25) is 4.79 Å². The fourth-order valence-electron chi connectivity index (χ4n) is 4.51. The van der Waals surface area contributed by atoms with Crippen molar-refractivity contribution in [2.75, 3.05) is 36.5 Å². The summed E-state index contributed by atoms with van der Waals surface area (Å²) in [5.41, 5.74) is 1.42. The predicted molar refractivity (Wildman–Crippen MR) is 136 cm³/mol. The Hall–Kier alpha value is -3.40. The quantitative estimate of drug-likeness (QED) is 0.444. The van der Waals surface area contributed by atoms with E-state index in [0.717, 1.165) is 73.1 Å². The van der Waals surface area contributed by atoms with Gasteiger partial charge in [-0.2, -0.15) is 13.2 Å². The number of ether oxygens (including phenoxy) is 1. The second kappa shape index (κ2) is 10.5. The molecule has 2 heterocycles. The number of carbonyl (C=O) groups is 1. The van der Waals surface area contributed by atoms with Crippen molar-refractivity contribution in [3.63, 3.8) is 0 Å². The van der Waals surface area contributed by atoms with E-state index in [2.05, 4.69) is 15.5 Å². The van der Waals surface area contributed by atoms with Crippen molar-refractivity contribution in [1.29, 1.82) is 0 Å². The van der Waals surface area contributed by atoms with Crippen LogP contribution in [0.2, 0.25) is 0 Å². The molecule has 1 saturated heterocycles. The molecule has 1 aliphatic carbocycles. The lowest BCUT2D eigenvalue weighted by Gasteiger charge is -2.32. The zero-order chi connectivity index (χ0) is 26.0. The zero-order valence-electron chi connectivity index (χ0n) is 20.6. The van der Waals surface area contributed by atoms with E-state index in [4.69, 9.17) is 14.7 Å². The summed E-state index contributed by atoms with van der Waals surface area (Å²) in [7, 11) is 0. The molecule has 5 rings (SSSR count). The number of fused-ring (bicyclic) bond motifs is 1. The van der Waals surface area contributed by atoms with E-state index in [1.807, 2.05) is 19.1 Å². The van der Waals surface area contributed by atoms with Gasteiger partial charge in [-0.05, 0) is 87.5 Å². The van der Waals surface area contributed by atoms with E-state index in [9.17, 15) is 18.0 Å². The molecule has 2 aliphatic rings. The summed E-state index contributed by atoms with van der Waals surface area (Å²) >= 11 is 0. The maximum Gasteiger partial charge on any atom is 0.416 e. The second-order valence-electron chi connectivity index (χ2n) is 9.81. The summed E-state index contributed by atoms with van der Waals surface area (Å²) in [5, 5.41) is 7.29. The maximum absolute atomic E-state index is 12.7. The minimum Gasteiger partial charge on any atom is -0.484 e. The molecule has 0 atom stereocenters. The Balaban J connectivity index is 1.16. The number of aromatic nitrogens is 2. The third-order valence-electron chi connectivity index (χ3n) is 6.88. The molecule has 0 radical (unpaired) electrons. The van der Waals surface area contributed by atoms with Crippen LogP contribution >= 0.6 is 0 Å². The number of alkyl halides is 3. The Morgan fingerprint density at radius 1 is 1.05 bits per heavy atom. The SMILES string of the molecule is Cc1nc(N2CCC(NCC3CC3)CC2)nc2ccc(NC(=O)COc3ccc(C(F)(F)F)cc3)cc12. The number of rotatable bonds is 8. The molecule has 2 fully saturated rings. The number of amides is 1. The van der Waals surface area contributed by atoms with Crippen LogP contribution in [0.4, 0.5) is 24.8 Å². The normalized spacial score (nSPS) is 16.7. The van der Waals surface area contributed by atoms with Gasteiger partial charge in [-0.25, -0.2) is 9.97 Å². The molecule has 1 aliphatic heterocycles. The molecule has 0 spiro atoms. The first-order chi connectivity index (χ1) is 17.7. The summed E-state index contributed by atoms with van der Waals surface area (Å²) in [5.74, 6) is 1.37. The molecule has 7 nitrogen and oxygen atoms in total. The van der Waals surface area contributed by atoms with E-state index in [1.165, 1.54) is 25.0 Å². The van der Waals surface area contributed by atoms with Crippen molar-refractivity contribution in [1.82, 2.24) is 15.3 Å². The predicted octanol–water partition coefficient (Wildman–Crippen LogP) is 4.94. The average Bonchev–Trinajstić information content (AvgIpc) is 3.71. The topological polar surface area (TPSA) is 79.4 Å². The minimum absolute atomic E-state index is 0.182. The standard InChI is InChI=1S/C27H30F3N5O2/c1-17-23-14-21(33-25(36)16-37-22-7-4-19(5-8-22)27(28,29)30)6-9-24(23)34-26(32-17)35-12-10-20(11-13-35)31-15-18-2-3-18/h4-9,14,18,20,31H,2-3,10-13,15-16H2,1H3,(H,33,36). The lowest BCUT2D eigenvalue weighted by Crippen LogP contribution is -2.43. The number of anilines is 2. The van der Waals surface area contributed by atoms with Gasteiger partial charge in [0.1, 0.15) is 5.75 Å². The number of halogens is 3. The second-order valence-corrected chi connectivity index (χ2v) is 9.81. The van der Waals surface area contributed by atoms with Crippen LogP contribution in [0.3, 0.4) is 0 Å². The molecule has 3 aromatic rings. The molecule has 1 amide bonds. The zero-order valence-corrected chi connectivity index (χ0v) is 20.6. The van der Waals surface area contributed by atoms with E-state index >= 15 is 0 Å². The molecule has 196 valence electrons. The molecule has 2 N–H and O–H groups in total. The van der Waals surface area contributed by atoms with Crippen molar-refractivity contribution in [2.24, 2.45) is 5.92 Å². The number of hydrogen-bond acceptors (Lipinski definition) is 6. The van der Waals surface area contributed by atoms with Crippen LogP contribution in [-0.4, -0.2) is 48.2 Å². The van der Waals surface area contributed by atoms with Crippen LogP contribution in [0, 0.1) is 12.8 Å². The summed E-state index contributed by atoms with van der Waals surface area (Å²) in [6.45, 7) is 4.57. The summed E-state index contributed by atoms with van der Waals surface area (Å²) in [4.78, 5) is 24.1. The minimum atomic E-state index is -4.42. The first-order valence-corrected chi connectivity index (χ1v) is 12.6. The van der Waals surface area contributed by atoms with Gasteiger partial charge in [0.05, 0.1) is 16.8 Å². The van der Waals surface area contributed by atoms with Crippen molar-refractivity contribution >= 4 is 28.4 Å². The molecule has 10 heteroatoms. The molecule has 1 saturated carbocycles. The highest BCUT2D eigenvalue weighted by Gasteiger charge is 2.30. The van der Waals surface area contributed by atoms with Crippen LogP contribution in [0.15, 0.2) is 42.5 Å². The van der Waals surface area contributed by atoms with Gasteiger partial charge in [0, 0.05) is 30.2 Å². The van der Waals surface area contributed by atoms with Gasteiger partial charge < -0.3 is 20.3 Å². The molecule has 0 bridgehead atoms. The van der Waals surface area contributed by atoms with Crippen LogP contribution in [0.1, 0.15) is 36.9 Å². The lowest BCUT2D eigenvalue weighted by molar-refractivity contribution is -0.137. The molecular weight excluding hydrogens is 483 g/mol. The van der Waals surface area contributed by atoms with E-state index < -0.39 is 17.6 Å². The number of aryl methyl sites for hydroxylation is 1. The third kappa shape index (κ3) is 6.49. The fraction of sp³-hybridized carbons (Fsp3) is 0.444. The van der Waals surface area contributed by atoms with Crippen LogP contribution in [0.5, 0.6) is 5.75 Å². The Kier molecular flexibility index (Phi) is 7.19. The van der Waals surface area contributed by atoms with Crippen LogP contribution < -0.4 is 20.3 Å². The number of hydrogen-bond donors (Lipinski definition) is 2. The fourth-order valence-corrected chi connectivity index (χ4v) is 4.51. The van der Waals surface area contributed by atoms with Crippen molar-refractivity contribution < 1.29 is 22.7 Å². The van der Waals surface area contributed by atoms with Crippen molar-refractivity contribution in [3.05, 3.63) is 53.7 Å². The summed E-state index contributed by atoms with van der Waals surface area (Å²) < 4.78 is 43.4.